The van der Waals surface area contributed by atoms with E-state index < -0.39 is 0 Å². The number of nitrogens with zero attached hydrogens (tertiary/aromatic N) is 1. The minimum atomic E-state index is 0.916. The molecule has 13 heavy (non-hydrogen) atoms. The van der Waals surface area contributed by atoms with Gasteiger partial charge in [-0.3, -0.25) is 0 Å². The highest BCUT2D eigenvalue weighted by molar-refractivity contribution is 7.97. The molecule has 0 bridgehead atoms. The summed E-state index contributed by atoms with van der Waals surface area (Å²) in [5, 5.41) is 4.34. The molecule has 1 saturated carbocycles. The number of fused-ring (bicyclic) bond motifs is 1. The van der Waals surface area contributed by atoms with Crippen LogP contribution in [-0.4, -0.2) is 35.7 Å². The van der Waals surface area contributed by atoms with E-state index in [4.69, 9.17) is 0 Å². The molecule has 0 aromatic carbocycles. The number of rotatable bonds is 2. The SMILES string of the molecule is C1CC(SN2CC3CC3C2)CCN1. The summed E-state index contributed by atoms with van der Waals surface area (Å²) in [7, 11) is 0. The summed E-state index contributed by atoms with van der Waals surface area (Å²) >= 11 is 2.16. The zero-order chi connectivity index (χ0) is 8.67. The van der Waals surface area contributed by atoms with Gasteiger partial charge in [0.1, 0.15) is 0 Å². The van der Waals surface area contributed by atoms with Crippen LogP contribution in [0.4, 0.5) is 0 Å². The fourth-order valence-corrected chi connectivity index (χ4v) is 3.98. The highest BCUT2D eigenvalue weighted by Crippen LogP contribution is 2.47. The van der Waals surface area contributed by atoms with E-state index in [0.717, 1.165) is 17.1 Å². The third-order valence-corrected chi connectivity index (χ3v) is 4.90. The van der Waals surface area contributed by atoms with Crippen LogP contribution in [0, 0.1) is 11.8 Å². The third kappa shape index (κ3) is 1.88. The highest BCUT2D eigenvalue weighted by Gasteiger charge is 2.45. The van der Waals surface area contributed by atoms with Gasteiger partial charge in [0.25, 0.3) is 0 Å². The number of nitrogens with one attached hydrogen (secondary N) is 1. The average molecular weight is 198 g/mol. The summed E-state index contributed by atoms with van der Waals surface area (Å²) in [5.41, 5.74) is 0. The molecule has 0 amide bonds. The van der Waals surface area contributed by atoms with Crippen LogP contribution in [0.2, 0.25) is 0 Å². The average Bonchev–Trinajstić information content (AvgIpc) is 2.76. The largest absolute Gasteiger partial charge is 0.317 e. The molecule has 3 aliphatic rings. The lowest BCUT2D eigenvalue weighted by molar-refractivity contribution is 0.487. The number of hydrogen-bond donors (Lipinski definition) is 1. The Morgan fingerprint density at radius 3 is 2.46 bits per heavy atom. The van der Waals surface area contributed by atoms with Crippen LogP contribution in [0.15, 0.2) is 0 Å². The first-order valence-corrected chi connectivity index (χ1v) is 6.38. The van der Waals surface area contributed by atoms with E-state index >= 15 is 0 Å². The lowest BCUT2D eigenvalue weighted by Gasteiger charge is -2.27. The molecule has 0 spiro atoms. The Hall–Kier alpha value is 0.270. The Labute approximate surface area is 84.6 Å². The molecule has 74 valence electrons. The molecule has 2 aliphatic heterocycles. The monoisotopic (exact) mass is 198 g/mol. The molecular formula is C10H18N2S. The molecule has 2 nitrogen and oxygen atoms in total. The molecule has 2 heterocycles. The van der Waals surface area contributed by atoms with E-state index in [1.54, 1.807) is 0 Å². The van der Waals surface area contributed by atoms with Crippen molar-refractivity contribution in [1.82, 2.24) is 9.62 Å². The molecule has 0 aromatic rings. The summed E-state index contributed by atoms with van der Waals surface area (Å²) in [6, 6.07) is 0. The van der Waals surface area contributed by atoms with Gasteiger partial charge in [0.15, 0.2) is 0 Å². The summed E-state index contributed by atoms with van der Waals surface area (Å²) in [5.74, 6) is 2.18. The first-order chi connectivity index (χ1) is 6.42. The molecule has 0 radical (unpaired) electrons. The molecule has 0 aromatic heterocycles. The van der Waals surface area contributed by atoms with Gasteiger partial charge in [-0.1, -0.05) is 11.9 Å². The first kappa shape index (κ1) is 8.57. The summed E-state index contributed by atoms with van der Waals surface area (Å²) in [6.45, 7) is 5.25. The molecule has 1 aliphatic carbocycles. The van der Waals surface area contributed by atoms with Crippen molar-refractivity contribution in [3.63, 3.8) is 0 Å². The van der Waals surface area contributed by atoms with Crippen LogP contribution in [0.25, 0.3) is 0 Å². The fraction of sp³-hybridized carbons (Fsp3) is 1.00. The van der Waals surface area contributed by atoms with Gasteiger partial charge in [-0.25, -0.2) is 4.31 Å². The van der Waals surface area contributed by atoms with E-state index in [0.29, 0.717) is 0 Å². The summed E-state index contributed by atoms with van der Waals surface area (Å²) < 4.78 is 2.63. The second-order valence-corrected chi connectivity index (χ2v) is 6.05. The predicted octanol–water partition coefficient (Wildman–Crippen LogP) is 1.34. The lowest BCUT2D eigenvalue weighted by atomic mass is 10.2. The van der Waals surface area contributed by atoms with E-state index in [1.807, 2.05) is 0 Å². The first-order valence-electron chi connectivity index (χ1n) is 5.54. The van der Waals surface area contributed by atoms with Crippen LogP contribution in [-0.2, 0) is 0 Å². The Kier molecular flexibility index (Phi) is 2.27. The quantitative estimate of drug-likeness (QED) is 0.674. The van der Waals surface area contributed by atoms with E-state index in [1.165, 1.54) is 45.4 Å². The molecule has 2 saturated heterocycles. The van der Waals surface area contributed by atoms with Gasteiger partial charge in [0, 0.05) is 18.3 Å². The zero-order valence-electron chi connectivity index (χ0n) is 8.04. The molecule has 2 atom stereocenters. The Morgan fingerprint density at radius 1 is 1.08 bits per heavy atom. The summed E-state index contributed by atoms with van der Waals surface area (Å²) in [6.07, 6.45) is 4.27. The van der Waals surface area contributed by atoms with Gasteiger partial charge in [-0.05, 0) is 44.2 Å². The van der Waals surface area contributed by atoms with E-state index in [2.05, 4.69) is 21.6 Å². The smallest absolute Gasteiger partial charge is 0.0219 e. The van der Waals surface area contributed by atoms with Gasteiger partial charge in [0.2, 0.25) is 0 Å². The molecular weight excluding hydrogens is 180 g/mol. The maximum atomic E-state index is 3.43. The Balaban J connectivity index is 1.46. The van der Waals surface area contributed by atoms with Crippen molar-refractivity contribution >= 4 is 11.9 Å². The fourth-order valence-electron chi connectivity index (χ4n) is 2.55. The minimum Gasteiger partial charge on any atom is -0.317 e. The lowest BCUT2D eigenvalue weighted by Crippen LogP contribution is -2.31. The van der Waals surface area contributed by atoms with Crippen molar-refractivity contribution in [3.05, 3.63) is 0 Å². The second kappa shape index (κ2) is 3.44. The van der Waals surface area contributed by atoms with Crippen LogP contribution in [0.5, 0.6) is 0 Å². The topological polar surface area (TPSA) is 15.3 Å². The van der Waals surface area contributed by atoms with Gasteiger partial charge in [0.05, 0.1) is 0 Å². The normalized spacial score (nSPS) is 40.6. The predicted molar refractivity (Wildman–Crippen MR) is 56.7 cm³/mol. The van der Waals surface area contributed by atoms with Crippen LogP contribution in [0.3, 0.4) is 0 Å². The maximum Gasteiger partial charge on any atom is 0.0219 e. The molecule has 3 rings (SSSR count). The van der Waals surface area contributed by atoms with Crippen molar-refractivity contribution in [2.45, 2.75) is 24.5 Å². The van der Waals surface area contributed by atoms with Gasteiger partial charge < -0.3 is 5.32 Å². The standard InChI is InChI=1S/C10H18N2S/c1-3-11-4-2-10(1)13-12-6-8-5-9(8)7-12/h8-11H,1-7H2. The van der Waals surface area contributed by atoms with Crippen molar-refractivity contribution in [2.24, 2.45) is 11.8 Å². The Morgan fingerprint density at radius 2 is 1.77 bits per heavy atom. The van der Waals surface area contributed by atoms with Crippen LogP contribution in [0.1, 0.15) is 19.3 Å². The van der Waals surface area contributed by atoms with E-state index in [9.17, 15) is 0 Å². The van der Waals surface area contributed by atoms with Crippen molar-refractivity contribution in [3.8, 4) is 0 Å². The summed E-state index contributed by atoms with van der Waals surface area (Å²) in [4.78, 5) is 0. The third-order valence-electron chi connectivity index (χ3n) is 3.53. The molecule has 2 unspecified atom stereocenters. The maximum absolute atomic E-state index is 3.43. The Bertz CT molecular complexity index is 181. The van der Waals surface area contributed by atoms with Gasteiger partial charge in [-0.2, -0.15) is 0 Å². The van der Waals surface area contributed by atoms with Crippen molar-refractivity contribution in [2.75, 3.05) is 26.2 Å². The van der Waals surface area contributed by atoms with Gasteiger partial charge in [-0.15, -0.1) is 0 Å². The van der Waals surface area contributed by atoms with Crippen LogP contribution < -0.4 is 5.32 Å². The molecule has 1 N–H and O–H groups in total. The van der Waals surface area contributed by atoms with Crippen molar-refractivity contribution in [1.29, 1.82) is 0 Å². The second-order valence-electron chi connectivity index (χ2n) is 4.66. The number of hydrogen-bond acceptors (Lipinski definition) is 3. The van der Waals surface area contributed by atoms with E-state index in [-0.39, 0.29) is 0 Å². The van der Waals surface area contributed by atoms with Gasteiger partial charge >= 0.3 is 0 Å². The highest BCUT2D eigenvalue weighted by atomic mass is 32.2. The zero-order valence-corrected chi connectivity index (χ0v) is 8.85. The van der Waals surface area contributed by atoms with Crippen molar-refractivity contribution < 1.29 is 0 Å². The minimum absolute atomic E-state index is 0.916. The molecule has 3 heteroatoms. The molecule has 3 fully saturated rings. The van der Waals surface area contributed by atoms with Crippen LogP contribution >= 0.6 is 11.9 Å². The number of piperidine rings is 2.